The molecule has 1 aromatic heterocycles. The first-order valence-corrected chi connectivity index (χ1v) is 5.50. The summed E-state index contributed by atoms with van der Waals surface area (Å²) in [5.41, 5.74) is 6.42. The van der Waals surface area contributed by atoms with Crippen LogP contribution in [0.25, 0.3) is 0 Å². The van der Waals surface area contributed by atoms with Gasteiger partial charge in [0.15, 0.2) is 5.82 Å². The standard InChI is InChI=1S/C11H18N4/c1-7-3-4-10(8(7)2)15-11-9(12)5-13-6-14-11/h5-8,10H,3-4,12H2,1-2H3,(H,13,14,15). The maximum atomic E-state index is 5.79. The van der Waals surface area contributed by atoms with Crippen LogP contribution < -0.4 is 11.1 Å². The zero-order valence-corrected chi connectivity index (χ0v) is 9.27. The highest BCUT2D eigenvalue weighted by Gasteiger charge is 2.29. The van der Waals surface area contributed by atoms with E-state index in [-0.39, 0.29) is 0 Å². The molecule has 3 N–H and O–H groups in total. The Kier molecular flexibility index (Phi) is 2.75. The molecule has 3 unspecified atom stereocenters. The fourth-order valence-corrected chi connectivity index (χ4v) is 2.21. The Labute approximate surface area is 90.3 Å². The molecule has 0 radical (unpaired) electrons. The molecular weight excluding hydrogens is 188 g/mol. The van der Waals surface area contributed by atoms with Crippen molar-refractivity contribution >= 4 is 11.5 Å². The molecule has 1 aliphatic carbocycles. The van der Waals surface area contributed by atoms with Crippen LogP contribution >= 0.6 is 0 Å². The van der Waals surface area contributed by atoms with Crippen molar-refractivity contribution in [2.24, 2.45) is 11.8 Å². The summed E-state index contributed by atoms with van der Waals surface area (Å²) in [6.45, 7) is 4.59. The van der Waals surface area contributed by atoms with Gasteiger partial charge in [0.05, 0.1) is 11.9 Å². The Morgan fingerprint density at radius 3 is 2.80 bits per heavy atom. The third-order valence-corrected chi connectivity index (χ3v) is 3.53. The molecule has 4 nitrogen and oxygen atoms in total. The molecule has 2 rings (SSSR count). The minimum atomic E-state index is 0.497. The Morgan fingerprint density at radius 2 is 2.20 bits per heavy atom. The van der Waals surface area contributed by atoms with E-state index in [2.05, 4.69) is 29.1 Å². The minimum Gasteiger partial charge on any atom is -0.394 e. The van der Waals surface area contributed by atoms with E-state index < -0.39 is 0 Å². The third-order valence-electron chi connectivity index (χ3n) is 3.53. The van der Waals surface area contributed by atoms with Gasteiger partial charge in [-0.2, -0.15) is 0 Å². The second-order valence-corrected chi connectivity index (χ2v) is 4.49. The number of nitrogen functional groups attached to an aromatic ring is 1. The van der Waals surface area contributed by atoms with Gasteiger partial charge in [-0.25, -0.2) is 9.97 Å². The fourth-order valence-electron chi connectivity index (χ4n) is 2.21. The Hall–Kier alpha value is -1.32. The van der Waals surface area contributed by atoms with Gasteiger partial charge in [-0.15, -0.1) is 0 Å². The molecule has 1 aliphatic rings. The van der Waals surface area contributed by atoms with E-state index in [4.69, 9.17) is 5.73 Å². The second kappa shape index (κ2) is 4.04. The van der Waals surface area contributed by atoms with Gasteiger partial charge >= 0.3 is 0 Å². The van der Waals surface area contributed by atoms with E-state index in [0.29, 0.717) is 17.6 Å². The molecule has 1 aromatic rings. The highest BCUT2D eigenvalue weighted by molar-refractivity contribution is 5.59. The number of anilines is 2. The molecule has 0 saturated heterocycles. The molecule has 82 valence electrons. The highest BCUT2D eigenvalue weighted by atomic mass is 15.1. The number of rotatable bonds is 2. The van der Waals surface area contributed by atoms with Crippen LogP contribution in [0.5, 0.6) is 0 Å². The molecule has 0 amide bonds. The summed E-state index contributed by atoms with van der Waals surface area (Å²) in [6, 6.07) is 0.497. The Morgan fingerprint density at radius 1 is 1.40 bits per heavy atom. The summed E-state index contributed by atoms with van der Waals surface area (Å²) in [7, 11) is 0. The van der Waals surface area contributed by atoms with Crippen molar-refractivity contribution in [3.05, 3.63) is 12.5 Å². The first-order valence-electron chi connectivity index (χ1n) is 5.50. The lowest BCUT2D eigenvalue weighted by atomic mass is 9.98. The summed E-state index contributed by atoms with van der Waals surface area (Å²) in [5.74, 6) is 2.24. The normalized spacial score (nSPS) is 30.4. The van der Waals surface area contributed by atoms with Crippen molar-refractivity contribution < 1.29 is 0 Å². The molecule has 15 heavy (non-hydrogen) atoms. The van der Waals surface area contributed by atoms with E-state index in [1.54, 1.807) is 6.20 Å². The van der Waals surface area contributed by atoms with E-state index in [1.165, 1.54) is 19.2 Å². The van der Waals surface area contributed by atoms with Gasteiger partial charge in [0, 0.05) is 6.04 Å². The van der Waals surface area contributed by atoms with Gasteiger partial charge < -0.3 is 11.1 Å². The SMILES string of the molecule is CC1CCC(Nc2ncncc2N)C1C. The predicted molar refractivity (Wildman–Crippen MR) is 61.4 cm³/mol. The largest absolute Gasteiger partial charge is 0.394 e. The van der Waals surface area contributed by atoms with Gasteiger partial charge in [0.2, 0.25) is 0 Å². The van der Waals surface area contributed by atoms with Crippen LogP contribution in [0.3, 0.4) is 0 Å². The zero-order valence-electron chi connectivity index (χ0n) is 9.27. The molecule has 1 saturated carbocycles. The van der Waals surface area contributed by atoms with Crippen LogP contribution in [0.15, 0.2) is 12.5 Å². The van der Waals surface area contributed by atoms with Gasteiger partial charge in [-0.05, 0) is 24.7 Å². The van der Waals surface area contributed by atoms with Gasteiger partial charge in [-0.3, -0.25) is 0 Å². The Balaban J connectivity index is 2.07. The van der Waals surface area contributed by atoms with Crippen LogP contribution in [0.2, 0.25) is 0 Å². The molecule has 3 atom stereocenters. The molecule has 1 heterocycles. The number of nitrogens with one attached hydrogen (secondary N) is 1. The maximum Gasteiger partial charge on any atom is 0.152 e. The van der Waals surface area contributed by atoms with Gasteiger partial charge in [0.25, 0.3) is 0 Å². The Bertz CT molecular complexity index is 339. The van der Waals surface area contributed by atoms with E-state index in [9.17, 15) is 0 Å². The second-order valence-electron chi connectivity index (χ2n) is 4.49. The molecule has 0 bridgehead atoms. The predicted octanol–water partition coefficient (Wildman–Crippen LogP) is 1.91. The summed E-state index contributed by atoms with van der Waals surface area (Å²) in [4.78, 5) is 8.03. The van der Waals surface area contributed by atoms with E-state index in [0.717, 1.165) is 11.7 Å². The first-order chi connectivity index (χ1) is 7.18. The van der Waals surface area contributed by atoms with Crippen molar-refractivity contribution in [3.8, 4) is 0 Å². The summed E-state index contributed by atoms with van der Waals surface area (Å²) in [5, 5.41) is 3.41. The summed E-state index contributed by atoms with van der Waals surface area (Å²) >= 11 is 0. The van der Waals surface area contributed by atoms with Crippen LogP contribution in [0.1, 0.15) is 26.7 Å². The van der Waals surface area contributed by atoms with Crippen LogP contribution in [-0.2, 0) is 0 Å². The van der Waals surface area contributed by atoms with Gasteiger partial charge in [-0.1, -0.05) is 13.8 Å². The smallest absolute Gasteiger partial charge is 0.152 e. The molecular formula is C11H18N4. The van der Waals surface area contributed by atoms with Crippen LogP contribution in [-0.4, -0.2) is 16.0 Å². The highest BCUT2D eigenvalue weighted by Crippen LogP contribution is 2.33. The van der Waals surface area contributed by atoms with Crippen LogP contribution in [0.4, 0.5) is 11.5 Å². The zero-order chi connectivity index (χ0) is 10.8. The van der Waals surface area contributed by atoms with Gasteiger partial charge in [0.1, 0.15) is 6.33 Å². The van der Waals surface area contributed by atoms with Crippen molar-refractivity contribution in [3.63, 3.8) is 0 Å². The summed E-state index contributed by atoms with van der Waals surface area (Å²) in [6.07, 6.45) is 5.65. The van der Waals surface area contributed by atoms with E-state index in [1.807, 2.05) is 0 Å². The summed E-state index contributed by atoms with van der Waals surface area (Å²) < 4.78 is 0. The van der Waals surface area contributed by atoms with Crippen molar-refractivity contribution in [2.75, 3.05) is 11.1 Å². The molecule has 0 spiro atoms. The molecule has 1 fully saturated rings. The average Bonchev–Trinajstić information content (AvgIpc) is 2.53. The lowest BCUT2D eigenvalue weighted by Gasteiger charge is -2.20. The fraction of sp³-hybridized carbons (Fsp3) is 0.636. The topological polar surface area (TPSA) is 63.8 Å². The van der Waals surface area contributed by atoms with E-state index >= 15 is 0 Å². The van der Waals surface area contributed by atoms with Crippen molar-refractivity contribution in [2.45, 2.75) is 32.7 Å². The number of aromatic nitrogens is 2. The maximum absolute atomic E-state index is 5.79. The van der Waals surface area contributed by atoms with Crippen molar-refractivity contribution in [1.29, 1.82) is 0 Å². The minimum absolute atomic E-state index is 0.497. The molecule has 0 aliphatic heterocycles. The lowest BCUT2D eigenvalue weighted by Crippen LogP contribution is -2.25. The number of hydrogen-bond donors (Lipinski definition) is 2. The number of nitrogens with zero attached hydrogens (tertiary/aromatic N) is 2. The third kappa shape index (κ3) is 2.03. The van der Waals surface area contributed by atoms with Crippen LogP contribution in [0, 0.1) is 11.8 Å². The monoisotopic (exact) mass is 206 g/mol. The molecule has 0 aromatic carbocycles. The van der Waals surface area contributed by atoms with Crippen molar-refractivity contribution in [1.82, 2.24) is 9.97 Å². The average molecular weight is 206 g/mol. The lowest BCUT2D eigenvalue weighted by molar-refractivity contribution is 0.435. The number of hydrogen-bond acceptors (Lipinski definition) is 4. The number of nitrogens with two attached hydrogens (primary N) is 1. The molecule has 4 heteroatoms. The first kappa shape index (κ1) is 10.2. The quantitative estimate of drug-likeness (QED) is 0.775.